The zero-order valence-corrected chi connectivity index (χ0v) is 8.35. The Kier molecular flexibility index (Phi) is 6.18. The van der Waals surface area contributed by atoms with Crippen LogP contribution in [0, 0.1) is 5.41 Å². The third-order valence-corrected chi connectivity index (χ3v) is 1.26. The van der Waals surface area contributed by atoms with Gasteiger partial charge in [-0.1, -0.05) is 0 Å². The first-order chi connectivity index (χ1) is 7.99. The molecule has 0 atom stereocenters. The molecule has 17 heavy (non-hydrogen) atoms. The lowest BCUT2D eigenvalue weighted by Crippen LogP contribution is -2.19. The third kappa shape index (κ3) is 7.11. The van der Waals surface area contributed by atoms with Crippen molar-refractivity contribution in [2.75, 3.05) is 0 Å². The van der Waals surface area contributed by atoms with Crippen LogP contribution >= 0.6 is 0 Å². The molecule has 0 saturated heterocycles. The molecule has 0 bridgehead atoms. The molecule has 2 aliphatic heterocycles. The van der Waals surface area contributed by atoms with Crippen LogP contribution in [0.2, 0.25) is 0 Å². The Labute approximate surface area is 94.9 Å². The van der Waals surface area contributed by atoms with Crippen molar-refractivity contribution in [2.45, 2.75) is 0 Å². The van der Waals surface area contributed by atoms with Crippen LogP contribution in [0.25, 0.3) is 0 Å². The van der Waals surface area contributed by atoms with Crippen molar-refractivity contribution in [2.24, 2.45) is 0 Å². The van der Waals surface area contributed by atoms with Gasteiger partial charge in [0.15, 0.2) is 0 Å². The normalized spacial score (nSPS) is 15.1. The zero-order valence-electron chi connectivity index (χ0n) is 8.35. The molecule has 3 N–H and O–H groups in total. The molecule has 8 heteroatoms. The molecule has 0 aromatic heterocycles. The van der Waals surface area contributed by atoms with Gasteiger partial charge in [-0.3, -0.25) is 29.8 Å². The minimum Gasteiger partial charge on any atom is -0.289 e. The molecule has 0 fully saturated rings. The molecule has 0 saturated carbocycles. The van der Waals surface area contributed by atoms with Gasteiger partial charge < -0.3 is 0 Å². The van der Waals surface area contributed by atoms with Gasteiger partial charge in [-0.05, 0) is 0 Å². The number of rotatable bonds is 0. The number of hydrogen-bond donors (Lipinski definition) is 3. The predicted octanol–water partition coefficient (Wildman–Crippen LogP) is -1.70. The van der Waals surface area contributed by atoms with E-state index >= 15 is 0 Å². The second kappa shape index (κ2) is 7.43. The SMILES string of the molecule is N=C=O.O=C1C=CC(=O)N1.O=C1C=CC(=O)N1. The van der Waals surface area contributed by atoms with Gasteiger partial charge in [-0.15, -0.1) is 0 Å². The quantitative estimate of drug-likeness (QED) is 0.262. The molecule has 0 aromatic carbocycles. The number of carbonyl (C=O) groups excluding carboxylic acids is 5. The van der Waals surface area contributed by atoms with E-state index in [2.05, 4.69) is 0 Å². The number of hydrogen-bond acceptors (Lipinski definition) is 6. The highest BCUT2D eigenvalue weighted by Crippen LogP contribution is 1.83. The van der Waals surface area contributed by atoms with Crippen molar-refractivity contribution >= 4 is 29.7 Å². The number of isocyanates is 1. The number of carbonyl (C=O) groups is 4. The fourth-order valence-electron chi connectivity index (χ4n) is 0.712. The highest BCUT2D eigenvalue weighted by Gasteiger charge is 2.07. The van der Waals surface area contributed by atoms with Crippen LogP contribution < -0.4 is 10.6 Å². The van der Waals surface area contributed by atoms with E-state index in [9.17, 15) is 19.2 Å². The van der Waals surface area contributed by atoms with Gasteiger partial charge in [-0.25, -0.2) is 10.2 Å². The van der Waals surface area contributed by atoms with E-state index in [1.165, 1.54) is 24.3 Å². The Balaban J connectivity index is 0.000000247. The van der Waals surface area contributed by atoms with Crippen molar-refractivity contribution < 1.29 is 24.0 Å². The van der Waals surface area contributed by atoms with Crippen molar-refractivity contribution in [1.82, 2.24) is 10.6 Å². The van der Waals surface area contributed by atoms with Gasteiger partial charge in [0, 0.05) is 24.3 Å². The van der Waals surface area contributed by atoms with Crippen molar-refractivity contribution in [3.8, 4) is 0 Å². The maximum absolute atomic E-state index is 10.0. The molecular weight excluding hydrogens is 230 g/mol. The van der Waals surface area contributed by atoms with Gasteiger partial charge in [-0.2, -0.15) is 0 Å². The molecule has 2 rings (SSSR count). The van der Waals surface area contributed by atoms with E-state index in [0.717, 1.165) is 6.08 Å². The second-order valence-corrected chi connectivity index (χ2v) is 2.48. The van der Waals surface area contributed by atoms with E-state index < -0.39 is 0 Å². The molecule has 8 nitrogen and oxygen atoms in total. The van der Waals surface area contributed by atoms with Crippen molar-refractivity contribution in [3.05, 3.63) is 24.3 Å². The fraction of sp³-hybridized carbons (Fsp3) is 0. The fourth-order valence-corrected chi connectivity index (χ4v) is 0.712. The van der Waals surface area contributed by atoms with Crippen molar-refractivity contribution in [3.63, 3.8) is 0 Å². The number of nitrogens with one attached hydrogen (secondary N) is 3. The van der Waals surface area contributed by atoms with Crippen LogP contribution in [0.5, 0.6) is 0 Å². The van der Waals surface area contributed by atoms with Gasteiger partial charge in [0.2, 0.25) is 6.08 Å². The minimum absolute atomic E-state index is 0.329. The van der Waals surface area contributed by atoms with Gasteiger partial charge >= 0.3 is 0 Å². The first kappa shape index (κ1) is 14.1. The van der Waals surface area contributed by atoms with E-state index in [4.69, 9.17) is 10.2 Å². The smallest absolute Gasteiger partial charge is 0.250 e. The summed E-state index contributed by atoms with van der Waals surface area (Å²) in [6.45, 7) is 0. The summed E-state index contributed by atoms with van der Waals surface area (Å²) in [6.07, 6.45) is 5.54. The summed E-state index contributed by atoms with van der Waals surface area (Å²) in [6, 6.07) is 0. The van der Waals surface area contributed by atoms with Crippen LogP contribution in [0.4, 0.5) is 0 Å². The molecule has 0 aromatic rings. The molecule has 0 aliphatic carbocycles. The predicted molar refractivity (Wildman–Crippen MR) is 53.0 cm³/mol. The Hall–Kier alpha value is -2.86. The summed E-state index contributed by atoms with van der Waals surface area (Å²) in [5.74, 6) is -1.31. The third-order valence-electron chi connectivity index (χ3n) is 1.26. The van der Waals surface area contributed by atoms with E-state index in [0.29, 0.717) is 0 Å². The molecule has 2 heterocycles. The van der Waals surface area contributed by atoms with Crippen LogP contribution in [0.3, 0.4) is 0 Å². The van der Waals surface area contributed by atoms with E-state index in [-0.39, 0.29) is 23.6 Å². The highest BCUT2D eigenvalue weighted by atomic mass is 16.2. The molecule has 4 amide bonds. The first-order valence-corrected chi connectivity index (χ1v) is 4.09. The minimum atomic E-state index is -0.329. The van der Waals surface area contributed by atoms with Crippen LogP contribution in [0.1, 0.15) is 0 Å². The second-order valence-electron chi connectivity index (χ2n) is 2.48. The Bertz CT molecular complexity index is 376. The van der Waals surface area contributed by atoms with Gasteiger partial charge in [0.05, 0.1) is 0 Å². The monoisotopic (exact) mass is 237 g/mol. The topological polar surface area (TPSA) is 133 Å². The largest absolute Gasteiger partial charge is 0.289 e. The first-order valence-electron chi connectivity index (χ1n) is 4.09. The zero-order chi connectivity index (χ0) is 13.3. The van der Waals surface area contributed by atoms with Gasteiger partial charge in [0.1, 0.15) is 0 Å². The van der Waals surface area contributed by atoms with Crippen LogP contribution in [-0.4, -0.2) is 29.7 Å². The highest BCUT2D eigenvalue weighted by molar-refractivity contribution is 6.13. The lowest BCUT2D eigenvalue weighted by Gasteiger charge is -1.80. The lowest BCUT2D eigenvalue weighted by atomic mass is 10.6. The van der Waals surface area contributed by atoms with E-state index in [1.54, 1.807) is 0 Å². The molecular formula is C9H7N3O5. The summed E-state index contributed by atoms with van der Waals surface area (Å²) in [4.78, 5) is 48.5. The number of imide groups is 2. The Morgan fingerprint density at radius 2 is 0.941 bits per heavy atom. The van der Waals surface area contributed by atoms with E-state index in [1.807, 2.05) is 10.6 Å². The number of amides is 4. The lowest BCUT2D eigenvalue weighted by molar-refractivity contribution is -0.125. The Morgan fingerprint density at radius 3 is 1.00 bits per heavy atom. The summed E-state index contributed by atoms with van der Waals surface area (Å²) >= 11 is 0. The summed E-state index contributed by atoms with van der Waals surface area (Å²) in [5, 5.41) is 9.46. The molecule has 0 unspecified atom stereocenters. The average Bonchev–Trinajstić information content (AvgIpc) is 2.78. The Morgan fingerprint density at radius 1 is 0.765 bits per heavy atom. The average molecular weight is 237 g/mol. The summed E-state index contributed by atoms with van der Waals surface area (Å²) in [7, 11) is 0. The maximum atomic E-state index is 10.0. The van der Waals surface area contributed by atoms with Gasteiger partial charge in [0.25, 0.3) is 23.6 Å². The molecule has 2 aliphatic rings. The van der Waals surface area contributed by atoms with Crippen LogP contribution in [0.15, 0.2) is 24.3 Å². The van der Waals surface area contributed by atoms with Crippen molar-refractivity contribution in [1.29, 1.82) is 5.41 Å². The standard InChI is InChI=1S/2C4H3NO2.CHNO/c2*6-3-1-2-4(7)5-3;2-1-3/h2*1-2H,(H,5,6,7);2H. The maximum Gasteiger partial charge on any atom is 0.250 e. The molecule has 0 radical (unpaired) electrons. The summed E-state index contributed by atoms with van der Waals surface area (Å²) < 4.78 is 0. The van der Waals surface area contributed by atoms with Crippen LogP contribution in [-0.2, 0) is 24.0 Å². The summed E-state index contributed by atoms with van der Waals surface area (Å²) in [5.41, 5.74) is 0. The molecule has 88 valence electrons. The molecule has 0 spiro atoms.